The van der Waals surface area contributed by atoms with E-state index in [0.29, 0.717) is 6.42 Å². The second-order valence-electron chi connectivity index (χ2n) is 7.17. The van der Waals surface area contributed by atoms with Gasteiger partial charge < -0.3 is 20.1 Å². The van der Waals surface area contributed by atoms with Gasteiger partial charge in [-0.05, 0) is 37.7 Å². The second-order valence-corrected chi connectivity index (χ2v) is 8.28. The molecule has 1 heterocycles. The summed E-state index contributed by atoms with van der Waals surface area (Å²) in [6.45, 7) is 6.39. The Labute approximate surface area is 175 Å². The normalized spacial score (nSPS) is 19.6. The number of aliphatic hydroxyl groups is 1. The lowest BCUT2D eigenvalue weighted by molar-refractivity contribution is -0.184. The molecule has 1 aromatic carbocycles. The summed E-state index contributed by atoms with van der Waals surface area (Å²) in [5.41, 5.74) is -1.61. The fraction of sp³-hybridized carbons (Fsp3) is 0.476. The van der Waals surface area contributed by atoms with Gasteiger partial charge in [0.25, 0.3) is 5.72 Å². The molecule has 0 bridgehead atoms. The Morgan fingerprint density at radius 1 is 1.31 bits per heavy atom. The number of ether oxygens (including phenoxy) is 1. The zero-order valence-electron chi connectivity index (χ0n) is 17.1. The Balaban J connectivity index is 2.53. The number of amides is 2. The molecule has 1 aliphatic rings. The van der Waals surface area contributed by atoms with E-state index >= 15 is 0 Å². The van der Waals surface area contributed by atoms with Crippen molar-refractivity contribution in [3.05, 3.63) is 47.5 Å². The summed E-state index contributed by atoms with van der Waals surface area (Å²) >= 11 is 1.39. The van der Waals surface area contributed by atoms with Crippen molar-refractivity contribution < 1.29 is 24.2 Å². The highest BCUT2D eigenvalue weighted by molar-refractivity contribution is 8.03. The van der Waals surface area contributed by atoms with Crippen molar-refractivity contribution in [2.45, 2.75) is 63.7 Å². The van der Waals surface area contributed by atoms with Gasteiger partial charge in [0.05, 0.1) is 17.4 Å². The number of thioether (sulfide) groups is 1. The first-order chi connectivity index (χ1) is 13.7. The van der Waals surface area contributed by atoms with Crippen molar-refractivity contribution in [1.82, 2.24) is 10.2 Å². The third-order valence-electron chi connectivity index (χ3n) is 4.48. The summed E-state index contributed by atoms with van der Waals surface area (Å²) in [4.78, 5) is 39.2. The maximum absolute atomic E-state index is 13.0. The number of carbonyl (C=O) groups excluding carboxylic acids is 3. The third kappa shape index (κ3) is 5.61. The molecule has 0 saturated carbocycles. The van der Waals surface area contributed by atoms with Crippen molar-refractivity contribution in [3.63, 3.8) is 0 Å². The second kappa shape index (κ2) is 9.93. The van der Waals surface area contributed by atoms with E-state index in [1.54, 1.807) is 25.5 Å². The highest BCUT2D eigenvalue weighted by atomic mass is 32.2. The van der Waals surface area contributed by atoms with Crippen LogP contribution in [0.25, 0.3) is 0 Å². The third-order valence-corrected chi connectivity index (χ3v) is 5.62. The van der Waals surface area contributed by atoms with Gasteiger partial charge in [-0.25, -0.2) is 4.79 Å². The minimum Gasteiger partial charge on any atom is -0.459 e. The highest BCUT2D eigenvalue weighted by Gasteiger charge is 2.51. The number of esters is 1. The van der Waals surface area contributed by atoms with Crippen molar-refractivity contribution >= 4 is 29.5 Å². The summed E-state index contributed by atoms with van der Waals surface area (Å²) < 4.78 is 5.24. The van der Waals surface area contributed by atoms with Gasteiger partial charge >= 0.3 is 5.97 Å². The minimum absolute atomic E-state index is 0.141. The molecule has 8 heteroatoms. The average molecular weight is 421 g/mol. The molecular formula is C21H28N2O5S. The van der Waals surface area contributed by atoms with Crippen molar-refractivity contribution in [2.24, 2.45) is 0 Å². The first kappa shape index (κ1) is 23.0. The molecule has 1 aliphatic heterocycles. The van der Waals surface area contributed by atoms with Gasteiger partial charge in [-0.2, -0.15) is 0 Å². The molecule has 0 aliphatic carbocycles. The van der Waals surface area contributed by atoms with Crippen LogP contribution in [0.15, 0.2) is 41.9 Å². The van der Waals surface area contributed by atoms with E-state index in [-0.39, 0.29) is 17.6 Å². The zero-order valence-corrected chi connectivity index (χ0v) is 17.9. The van der Waals surface area contributed by atoms with Crippen molar-refractivity contribution in [1.29, 1.82) is 0 Å². The van der Waals surface area contributed by atoms with Gasteiger partial charge in [0.1, 0.15) is 0 Å². The SMILES string of the molecule is CCC1SC=CN([C@@H](Cc2ccccc2)C(O)(NC(C)=O)C(=O)OC(C)C)C1=O. The summed E-state index contributed by atoms with van der Waals surface area (Å²) in [6, 6.07) is 8.09. The Kier molecular flexibility index (Phi) is 7.87. The molecule has 0 fully saturated rings. The molecule has 29 heavy (non-hydrogen) atoms. The topological polar surface area (TPSA) is 95.9 Å². The first-order valence-electron chi connectivity index (χ1n) is 9.59. The van der Waals surface area contributed by atoms with Crippen LogP contribution in [-0.4, -0.2) is 50.9 Å². The molecule has 0 aromatic heterocycles. The number of carbonyl (C=O) groups is 3. The van der Waals surface area contributed by atoms with Crippen LogP contribution in [0, 0.1) is 0 Å². The molecule has 2 N–H and O–H groups in total. The Hall–Kier alpha value is -2.32. The maximum atomic E-state index is 13.0. The fourth-order valence-electron chi connectivity index (χ4n) is 3.15. The molecule has 0 radical (unpaired) electrons. The van der Waals surface area contributed by atoms with Crippen molar-refractivity contribution in [2.75, 3.05) is 0 Å². The van der Waals surface area contributed by atoms with Crippen LogP contribution in [-0.2, 0) is 25.5 Å². The molecule has 0 spiro atoms. The minimum atomic E-state index is -2.41. The van der Waals surface area contributed by atoms with E-state index in [0.717, 1.165) is 5.56 Å². The van der Waals surface area contributed by atoms with Crippen LogP contribution in [0.4, 0.5) is 0 Å². The zero-order chi connectivity index (χ0) is 21.6. The van der Waals surface area contributed by atoms with Gasteiger partial charge in [0.2, 0.25) is 11.8 Å². The number of nitrogens with one attached hydrogen (secondary N) is 1. The number of rotatable bonds is 8. The maximum Gasteiger partial charge on any atom is 0.362 e. The first-order valence-corrected chi connectivity index (χ1v) is 10.5. The van der Waals surface area contributed by atoms with Crippen LogP contribution in [0.3, 0.4) is 0 Å². The molecule has 3 atom stereocenters. The van der Waals surface area contributed by atoms with Crippen LogP contribution < -0.4 is 5.32 Å². The predicted octanol–water partition coefficient (Wildman–Crippen LogP) is 2.20. The quantitative estimate of drug-likeness (QED) is 0.494. The van der Waals surface area contributed by atoms with E-state index in [1.807, 2.05) is 37.3 Å². The van der Waals surface area contributed by atoms with E-state index in [1.165, 1.54) is 23.6 Å². The van der Waals surface area contributed by atoms with E-state index < -0.39 is 29.7 Å². The summed E-state index contributed by atoms with van der Waals surface area (Å²) in [6.07, 6.45) is 1.77. The van der Waals surface area contributed by atoms with Crippen LogP contribution in [0.1, 0.15) is 39.7 Å². The Morgan fingerprint density at radius 2 is 1.97 bits per heavy atom. The van der Waals surface area contributed by atoms with Gasteiger partial charge in [-0.1, -0.05) is 37.3 Å². The van der Waals surface area contributed by atoms with E-state index in [4.69, 9.17) is 4.74 Å². The summed E-state index contributed by atoms with van der Waals surface area (Å²) in [5.74, 6) is -1.85. The fourth-order valence-corrected chi connectivity index (χ4v) is 3.97. The molecule has 2 unspecified atom stereocenters. The molecule has 158 valence electrons. The Bertz CT molecular complexity index is 768. The predicted molar refractivity (Wildman–Crippen MR) is 112 cm³/mol. The average Bonchev–Trinajstić information content (AvgIpc) is 2.66. The van der Waals surface area contributed by atoms with E-state index in [9.17, 15) is 19.5 Å². The molecule has 1 aromatic rings. The standard InChI is InChI=1S/C21H28N2O5S/c1-5-17-19(25)23(11-12-29-17)18(13-16-9-7-6-8-10-16)21(27,22-15(4)24)20(26)28-14(2)3/h6-12,14,17-18,27H,5,13H2,1-4H3,(H,22,24)/t17?,18-,21?/m0/s1. The number of hydrogen-bond donors (Lipinski definition) is 2. The monoisotopic (exact) mass is 420 g/mol. The molecular weight excluding hydrogens is 392 g/mol. The lowest BCUT2D eigenvalue weighted by atomic mass is 9.93. The summed E-state index contributed by atoms with van der Waals surface area (Å²) in [7, 11) is 0. The smallest absolute Gasteiger partial charge is 0.362 e. The highest BCUT2D eigenvalue weighted by Crippen LogP contribution is 2.30. The lowest BCUT2D eigenvalue weighted by Crippen LogP contribution is -2.68. The van der Waals surface area contributed by atoms with Crippen molar-refractivity contribution in [3.8, 4) is 0 Å². The molecule has 2 rings (SSSR count). The summed E-state index contributed by atoms with van der Waals surface area (Å²) in [5, 5.41) is 15.2. The van der Waals surface area contributed by atoms with Crippen LogP contribution >= 0.6 is 11.8 Å². The van der Waals surface area contributed by atoms with Gasteiger partial charge in [-0.3, -0.25) is 9.59 Å². The molecule has 2 amide bonds. The number of hydrogen-bond acceptors (Lipinski definition) is 6. The lowest BCUT2D eigenvalue weighted by Gasteiger charge is -2.42. The van der Waals surface area contributed by atoms with Crippen LogP contribution in [0.5, 0.6) is 0 Å². The van der Waals surface area contributed by atoms with Gasteiger partial charge in [0.15, 0.2) is 0 Å². The molecule has 7 nitrogen and oxygen atoms in total. The van der Waals surface area contributed by atoms with Gasteiger partial charge in [-0.15, -0.1) is 11.8 Å². The molecule has 0 saturated heterocycles. The number of nitrogens with zero attached hydrogens (tertiary/aromatic N) is 1. The van der Waals surface area contributed by atoms with Gasteiger partial charge in [0, 0.05) is 13.1 Å². The Morgan fingerprint density at radius 3 is 2.52 bits per heavy atom. The van der Waals surface area contributed by atoms with E-state index in [2.05, 4.69) is 5.32 Å². The number of benzene rings is 1. The van der Waals surface area contributed by atoms with Crippen LogP contribution in [0.2, 0.25) is 0 Å². The largest absolute Gasteiger partial charge is 0.459 e.